The number of pyridine rings is 1. The zero-order chi connectivity index (χ0) is 19.1. The standard InChI is InChI=1S/C21H27N3O3/c1-16-4-3-12-24(15-16)21(25)20-14-17(9-10-23-20)22-11-13-27-19-7-5-18(26-2)6-8-19/h5-10,14,16H,3-4,11-13,15H2,1-2H3,(H,22,23). The molecule has 2 aromatic rings. The monoisotopic (exact) mass is 369 g/mol. The Hall–Kier alpha value is -2.76. The van der Waals surface area contributed by atoms with Gasteiger partial charge in [0.25, 0.3) is 5.91 Å². The van der Waals surface area contributed by atoms with E-state index in [1.54, 1.807) is 13.3 Å². The number of ether oxygens (including phenoxy) is 2. The zero-order valence-electron chi connectivity index (χ0n) is 16.0. The normalized spacial score (nSPS) is 16.7. The van der Waals surface area contributed by atoms with Crippen molar-refractivity contribution in [1.82, 2.24) is 9.88 Å². The van der Waals surface area contributed by atoms with Crippen LogP contribution in [-0.4, -0.2) is 49.1 Å². The fourth-order valence-electron chi connectivity index (χ4n) is 3.23. The summed E-state index contributed by atoms with van der Waals surface area (Å²) < 4.78 is 10.8. The first-order valence-electron chi connectivity index (χ1n) is 9.42. The summed E-state index contributed by atoms with van der Waals surface area (Å²) in [5, 5.41) is 3.28. The lowest BCUT2D eigenvalue weighted by Gasteiger charge is -2.30. The van der Waals surface area contributed by atoms with Crippen LogP contribution in [0.2, 0.25) is 0 Å². The molecule has 1 atom stereocenters. The van der Waals surface area contributed by atoms with Gasteiger partial charge in [0, 0.05) is 31.5 Å². The minimum atomic E-state index is 0.0136. The van der Waals surface area contributed by atoms with Crippen LogP contribution in [0.1, 0.15) is 30.3 Å². The predicted octanol–water partition coefficient (Wildman–Crippen LogP) is 3.45. The minimum absolute atomic E-state index is 0.0136. The summed E-state index contributed by atoms with van der Waals surface area (Å²) in [6.07, 6.45) is 3.92. The Morgan fingerprint density at radius 1 is 1.26 bits per heavy atom. The third kappa shape index (κ3) is 5.36. The van der Waals surface area contributed by atoms with Crippen molar-refractivity contribution in [2.75, 3.05) is 38.7 Å². The van der Waals surface area contributed by atoms with E-state index in [0.717, 1.165) is 36.7 Å². The van der Waals surface area contributed by atoms with Crippen molar-refractivity contribution < 1.29 is 14.3 Å². The Morgan fingerprint density at radius 3 is 2.78 bits per heavy atom. The maximum absolute atomic E-state index is 12.7. The quantitative estimate of drug-likeness (QED) is 0.758. The van der Waals surface area contributed by atoms with Gasteiger partial charge in [-0.3, -0.25) is 9.78 Å². The van der Waals surface area contributed by atoms with Crippen molar-refractivity contribution in [2.24, 2.45) is 5.92 Å². The van der Waals surface area contributed by atoms with E-state index < -0.39 is 0 Å². The fourth-order valence-corrected chi connectivity index (χ4v) is 3.23. The second kappa shape index (κ2) is 9.26. The number of piperidine rings is 1. The number of hydrogen-bond acceptors (Lipinski definition) is 5. The van der Waals surface area contributed by atoms with Crippen LogP contribution in [-0.2, 0) is 0 Å². The van der Waals surface area contributed by atoms with E-state index in [9.17, 15) is 4.79 Å². The highest BCUT2D eigenvalue weighted by Gasteiger charge is 2.22. The van der Waals surface area contributed by atoms with Crippen LogP contribution in [0, 0.1) is 5.92 Å². The number of nitrogens with one attached hydrogen (secondary N) is 1. The van der Waals surface area contributed by atoms with Gasteiger partial charge < -0.3 is 19.7 Å². The average molecular weight is 369 g/mol. The molecule has 6 nitrogen and oxygen atoms in total. The van der Waals surface area contributed by atoms with E-state index in [-0.39, 0.29) is 5.91 Å². The minimum Gasteiger partial charge on any atom is -0.497 e. The highest BCUT2D eigenvalue weighted by molar-refractivity contribution is 5.93. The Morgan fingerprint density at radius 2 is 2.04 bits per heavy atom. The number of benzene rings is 1. The van der Waals surface area contributed by atoms with Crippen molar-refractivity contribution in [3.05, 3.63) is 48.3 Å². The molecule has 1 aromatic carbocycles. The van der Waals surface area contributed by atoms with Gasteiger partial charge >= 0.3 is 0 Å². The number of aromatic nitrogens is 1. The number of anilines is 1. The smallest absolute Gasteiger partial charge is 0.272 e. The number of methoxy groups -OCH3 is 1. The molecule has 1 aliphatic rings. The first-order valence-corrected chi connectivity index (χ1v) is 9.42. The number of carbonyl (C=O) groups excluding carboxylic acids is 1. The van der Waals surface area contributed by atoms with Gasteiger partial charge in [-0.2, -0.15) is 0 Å². The molecule has 27 heavy (non-hydrogen) atoms. The maximum Gasteiger partial charge on any atom is 0.272 e. The molecule has 0 saturated carbocycles. The van der Waals surface area contributed by atoms with Crippen LogP contribution in [0.25, 0.3) is 0 Å². The van der Waals surface area contributed by atoms with Crippen molar-refractivity contribution in [3.63, 3.8) is 0 Å². The number of carbonyl (C=O) groups is 1. The molecule has 1 amide bonds. The number of hydrogen-bond donors (Lipinski definition) is 1. The number of rotatable bonds is 7. The lowest BCUT2D eigenvalue weighted by molar-refractivity contribution is 0.0677. The zero-order valence-corrected chi connectivity index (χ0v) is 16.0. The van der Waals surface area contributed by atoms with Crippen LogP contribution in [0.3, 0.4) is 0 Å². The van der Waals surface area contributed by atoms with Gasteiger partial charge in [-0.05, 0) is 55.2 Å². The predicted molar refractivity (Wildman–Crippen MR) is 106 cm³/mol. The molecule has 0 spiro atoms. The summed E-state index contributed by atoms with van der Waals surface area (Å²) in [6.45, 7) is 4.96. The van der Waals surface area contributed by atoms with E-state index in [0.29, 0.717) is 24.8 Å². The molecule has 1 unspecified atom stereocenters. The molecule has 1 saturated heterocycles. The Labute approximate surface area is 160 Å². The Bertz CT molecular complexity index is 749. The second-order valence-corrected chi connectivity index (χ2v) is 6.88. The van der Waals surface area contributed by atoms with Crippen LogP contribution in [0.5, 0.6) is 11.5 Å². The third-order valence-electron chi connectivity index (χ3n) is 4.68. The number of amides is 1. The molecular weight excluding hydrogens is 342 g/mol. The van der Waals surface area contributed by atoms with E-state index >= 15 is 0 Å². The van der Waals surface area contributed by atoms with Gasteiger partial charge in [0.05, 0.1) is 7.11 Å². The lowest BCUT2D eigenvalue weighted by atomic mass is 10.00. The Kier molecular flexibility index (Phi) is 6.52. The first kappa shape index (κ1) is 19.0. The summed E-state index contributed by atoms with van der Waals surface area (Å²) >= 11 is 0. The van der Waals surface area contributed by atoms with E-state index in [1.165, 1.54) is 6.42 Å². The van der Waals surface area contributed by atoms with Crippen molar-refractivity contribution in [3.8, 4) is 11.5 Å². The first-order chi connectivity index (χ1) is 13.2. The summed E-state index contributed by atoms with van der Waals surface area (Å²) in [5.41, 5.74) is 1.36. The summed E-state index contributed by atoms with van der Waals surface area (Å²) in [4.78, 5) is 18.8. The van der Waals surface area contributed by atoms with E-state index in [1.807, 2.05) is 41.3 Å². The molecule has 6 heteroatoms. The van der Waals surface area contributed by atoms with Gasteiger partial charge in [-0.15, -0.1) is 0 Å². The number of likely N-dealkylation sites (tertiary alicyclic amines) is 1. The van der Waals surface area contributed by atoms with Crippen LogP contribution < -0.4 is 14.8 Å². The van der Waals surface area contributed by atoms with Gasteiger partial charge in [0.1, 0.15) is 23.8 Å². The topological polar surface area (TPSA) is 63.7 Å². The van der Waals surface area contributed by atoms with Crippen LogP contribution in [0.4, 0.5) is 5.69 Å². The molecule has 1 aromatic heterocycles. The summed E-state index contributed by atoms with van der Waals surface area (Å²) in [7, 11) is 1.64. The molecule has 0 radical (unpaired) electrons. The van der Waals surface area contributed by atoms with Crippen LogP contribution >= 0.6 is 0 Å². The second-order valence-electron chi connectivity index (χ2n) is 6.88. The molecular formula is C21H27N3O3. The molecule has 3 rings (SSSR count). The largest absolute Gasteiger partial charge is 0.497 e. The highest BCUT2D eigenvalue weighted by Crippen LogP contribution is 2.19. The molecule has 0 bridgehead atoms. The molecule has 1 fully saturated rings. The van der Waals surface area contributed by atoms with Crippen LogP contribution in [0.15, 0.2) is 42.6 Å². The van der Waals surface area contributed by atoms with Crippen molar-refractivity contribution in [1.29, 1.82) is 0 Å². The lowest BCUT2D eigenvalue weighted by Crippen LogP contribution is -2.39. The molecule has 1 aliphatic heterocycles. The molecule has 0 aliphatic carbocycles. The average Bonchev–Trinajstić information content (AvgIpc) is 2.71. The van der Waals surface area contributed by atoms with E-state index in [2.05, 4.69) is 17.2 Å². The SMILES string of the molecule is COc1ccc(OCCNc2ccnc(C(=O)N3CCCC(C)C3)c2)cc1. The third-order valence-corrected chi connectivity index (χ3v) is 4.68. The van der Waals surface area contributed by atoms with Gasteiger partial charge in [-0.1, -0.05) is 6.92 Å². The summed E-state index contributed by atoms with van der Waals surface area (Å²) in [6, 6.07) is 11.2. The highest BCUT2D eigenvalue weighted by atomic mass is 16.5. The van der Waals surface area contributed by atoms with Crippen molar-refractivity contribution >= 4 is 11.6 Å². The van der Waals surface area contributed by atoms with Gasteiger partial charge in [-0.25, -0.2) is 0 Å². The van der Waals surface area contributed by atoms with Gasteiger partial charge in [0.2, 0.25) is 0 Å². The Balaban J connectivity index is 1.49. The summed E-state index contributed by atoms with van der Waals surface area (Å²) in [5.74, 6) is 2.17. The molecule has 2 heterocycles. The molecule has 1 N–H and O–H groups in total. The van der Waals surface area contributed by atoms with Crippen molar-refractivity contribution in [2.45, 2.75) is 19.8 Å². The fraction of sp³-hybridized carbons (Fsp3) is 0.429. The number of nitrogens with zero attached hydrogens (tertiary/aromatic N) is 2. The van der Waals surface area contributed by atoms with Gasteiger partial charge in [0.15, 0.2) is 0 Å². The van der Waals surface area contributed by atoms with E-state index in [4.69, 9.17) is 9.47 Å². The molecule has 144 valence electrons. The maximum atomic E-state index is 12.7.